The van der Waals surface area contributed by atoms with Gasteiger partial charge >= 0.3 is 17.7 Å². The van der Waals surface area contributed by atoms with E-state index in [4.69, 9.17) is 4.84 Å². The van der Waals surface area contributed by atoms with Gasteiger partial charge in [-0.2, -0.15) is 0 Å². The second-order valence-corrected chi connectivity index (χ2v) is 7.90. The Balaban J connectivity index is 2.41. The third-order valence-electron chi connectivity index (χ3n) is 3.24. The molecule has 0 radical (unpaired) electrons. The average molecular weight is 430 g/mol. The summed E-state index contributed by atoms with van der Waals surface area (Å²) in [6.07, 6.45) is 0. The number of hydrogen-bond acceptors (Lipinski definition) is 9. The monoisotopic (exact) mass is 430 g/mol. The fraction of sp³-hybridized carbons (Fsp3) is 0.333. The number of carbonyl (C=O) groups is 2. The van der Waals surface area contributed by atoms with Gasteiger partial charge in [0.25, 0.3) is 10.0 Å². The molecule has 0 atom stereocenters. The van der Waals surface area contributed by atoms with Gasteiger partial charge in [0.2, 0.25) is 5.16 Å². The number of benzene rings is 1. The van der Waals surface area contributed by atoms with Gasteiger partial charge in [-0.3, -0.25) is 0 Å². The minimum atomic E-state index is -4.50. The Hall–Kier alpha value is -2.80. The first-order valence-corrected chi connectivity index (χ1v) is 10.5. The van der Waals surface area contributed by atoms with Crippen molar-refractivity contribution in [1.29, 1.82) is 0 Å². The Bertz CT molecular complexity index is 1040. The maximum atomic E-state index is 12.6. The van der Waals surface area contributed by atoms with Gasteiger partial charge in [0.05, 0.1) is 12.7 Å². The number of amides is 1. The summed E-state index contributed by atoms with van der Waals surface area (Å²) in [6.45, 7) is 3.58. The van der Waals surface area contributed by atoms with Crippen LogP contribution in [-0.4, -0.2) is 54.4 Å². The van der Waals surface area contributed by atoms with Crippen LogP contribution in [0.2, 0.25) is 0 Å². The highest BCUT2D eigenvalue weighted by Gasteiger charge is 2.27. The molecule has 28 heavy (non-hydrogen) atoms. The SMILES string of the molecule is CCOn1c(SCC)nn(C(=O)NS(=O)(=O)c2ccccc2C(=O)OC)c1=O. The number of hydrogen-bond donors (Lipinski definition) is 1. The summed E-state index contributed by atoms with van der Waals surface area (Å²) in [5, 5.41) is 3.90. The van der Waals surface area contributed by atoms with Gasteiger partial charge in [-0.1, -0.05) is 30.8 Å². The zero-order chi connectivity index (χ0) is 20.9. The average Bonchev–Trinajstić information content (AvgIpc) is 2.97. The van der Waals surface area contributed by atoms with E-state index < -0.39 is 32.6 Å². The predicted octanol–water partition coefficient (Wildman–Crippen LogP) is 0.338. The number of ether oxygens (including phenoxy) is 1. The Kier molecular flexibility index (Phi) is 6.85. The van der Waals surface area contributed by atoms with Crippen LogP contribution >= 0.6 is 11.8 Å². The molecule has 0 aliphatic heterocycles. The van der Waals surface area contributed by atoms with Crippen molar-refractivity contribution in [3.8, 4) is 0 Å². The van der Waals surface area contributed by atoms with Gasteiger partial charge in [0, 0.05) is 0 Å². The fourth-order valence-electron chi connectivity index (χ4n) is 2.12. The van der Waals surface area contributed by atoms with E-state index in [0.29, 0.717) is 10.4 Å². The van der Waals surface area contributed by atoms with Crippen LogP contribution in [0, 0.1) is 0 Å². The van der Waals surface area contributed by atoms with Crippen molar-refractivity contribution in [3.05, 3.63) is 40.3 Å². The van der Waals surface area contributed by atoms with Crippen LogP contribution in [-0.2, 0) is 14.8 Å². The van der Waals surface area contributed by atoms with E-state index in [0.717, 1.165) is 29.7 Å². The molecule has 2 aromatic rings. The van der Waals surface area contributed by atoms with Crippen LogP contribution in [0.5, 0.6) is 0 Å². The lowest BCUT2D eigenvalue weighted by atomic mass is 10.2. The van der Waals surface area contributed by atoms with Crippen molar-refractivity contribution in [3.63, 3.8) is 0 Å². The second-order valence-electron chi connectivity index (χ2n) is 5.02. The normalized spacial score (nSPS) is 11.1. The molecule has 0 fully saturated rings. The number of nitrogens with one attached hydrogen (secondary N) is 1. The number of methoxy groups -OCH3 is 1. The lowest BCUT2D eigenvalue weighted by Gasteiger charge is -2.09. The first kappa shape index (κ1) is 21.5. The third kappa shape index (κ3) is 4.36. The van der Waals surface area contributed by atoms with E-state index in [9.17, 15) is 22.8 Å². The largest absolute Gasteiger partial charge is 0.465 e. The molecular formula is C15H18N4O7S2. The Morgan fingerprint density at radius 1 is 1.25 bits per heavy atom. The molecule has 0 saturated heterocycles. The van der Waals surface area contributed by atoms with Gasteiger partial charge in [-0.25, -0.2) is 27.5 Å². The molecule has 1 N–H and O–H groups in total. The Morgan fingerprint density at radius 2 is 1.93 bits per heavy atom. The molecule has 11 nitrogen and oxygen atoms in total. The van der Waals surface area contributed by atoms with Crippen molar-refractivity contribution in [2.75, 3.05) is 19.5 Å². The summed E-state index contributed by atoms with van der Waals surface area (Å²) in [5.41, 5.74) is -1.23. The molecule has 0 aliphatic rings. The van der Waals surface area contributed by atoms with E-state index >= 15 is 0 Å². The van der Waals surface area contributed by atoms with Gasteiger partial charge in [0.15, 0.2) is 0 Å². The third-order valence-corrected chi connectivity index (χ3v) is 5.41. The van der Waals surface area contributed by atoms with Crippen LogP contribution in [0.4, 0.5) is 4.79 Å². The van der Waals surface area contributed by atoms with E-state index in [1.807, 2.05) is 0 Å². The van der Waals surface area contributed by atoms with Gasteiger partial charge < -0.3 is 9.57 Å². The lowest BCUT2D eigenvalue weighted by Crippen LogP contribution is -2.41. The van der Waals surface area contributed by atoms with Crippen LogP contribution in [0.1, 0.15) is 24.2 Å². The topological polar surface area (TPSA) is 139 Å². The number of aromatic nitrogens is 3. The highest BCUT2D eigenvalue weighted by atomic mass is 32.2. The molecule has 0 spiro atoms. The summed E-state index contributed by atoms with van der Waals surface area (Å²) in [6, 6.07) is 3.85. The van der Waals surface area contributed by atoms with E-state index in [2.05, 4.69) is 9.84 Å². The summed E-state index contributed by atoms with van der Waals surface area (Å²) < 4.78 is 32.6. The lowest BCUT2D eigenvalue weighted by molar-refractivity contribution is 0.0596. The van der Waals surface area contributed by atoms with Crippen LogP contribution in [0.25, 0.3) is 0 Å². The number of rotatable bonds is 7. The van der Waals surface area contributed by atoms with Gasteiger partial charge in [-0.15, -0.1) is 14.5 Å². The summed E-state index contributed by atoms with van der Waals surface area (Å²) in [7, 11) is -3.40. The number of sulfonamides is 1. The molecule has 13 heteroatoms. The van der Waals surface area contributed by atoms with Gasteiger partial charge in [-0.05, 0) is 24.8 Å². The molecular weight excluding hydrogens is 412 g/mol. The zero-order valence-electron chi connectivity index (χ0n) is 15.2. The molecule has 0 saturated carbocycles. The predicted molar refractivity (Wildman–Crippen MR) is 98.9 cm³/mol. The van der Waals surface area contributed by atoms with E-state index in [1.165, 1.54) is 18.2 Å². The van der Waals surface area contributed by atoms with E-state index in [1.54, 1.807) is 18.6 Å². The second kappa shape index (κ2) is 8.93. The van der Waals surface area contributed by atoms with Crippen LogP contribution < -0.4 is 15.2 Å². The fourth-order valence-corrected chi connectivity index (χ4v) is 3.89. The smallest absolute Gasteiger partial charge is 0.388 e. The molecule has 1 amide bonds. The molecule has 0 unspecified atom stereocenters. The number of nitrogens with zero attached hydrogens (tertiary/aromatic N) is 3. The van der Waals surface area contributed by atoms with Crippen LogP contribution in [0.3, 0.4) is 0 Å². The first-order valence-electron chi connectivity index (χ1n) is 7.99. The van der Waals surface area contributed by atoms with Crippen molar-refractivity contribution in [2.24, 2.45) is 0 Å². The number of thioether (sulfide) groups is 1. The molecule has 1 aromatic heterocycles. The maximum absolute atomic E-state index is 12.6. The first-order chi connectivity index (χ1) is 13.3. The van der Waals surface area contributed by atoms with E-state index in [-0.39, 0.29) is 17.3 Å². The van der Waals surface area contributed by atoms with Gasteiger partial charge in [0.1, 0.15) is 11.5 Å². The minimum Gasteiger partial charge on any atom is -0.465 e. The number of carbonyl (C=O) groups excluding carboxylic acids is 2. The highest BCUT2D eigenvalue weighted by molar-refractivity contribution is 7.99. The van der Waals surface area contributed by atoms with Crippen molar-refractivity contribution < 1.29 is 27.6 Å². The number of esters is 1. The quantitative estimate of drug-likeness (QED) is 0.486. The van der Waals surface area contributed by atoms with Crippen molar-refractivity contribution in [2.45, 2.75) is 23.9 Å². The summed E-state index contributed by atoms with van der Waals surface area (Å²) in [4.78, 5) is 41.2. The minimum absolute atomic E-state index is 0.0943. The summed E-state index contributed by atoms with van der Waals surface area (Å²) in [5.74, 6) is -0.358. The Labute approximate surface area is 164 Å². The van der Waals surface area contributed by atoms with Crippen molar-refractivity contribution >= 4 is 33.8 Å². The molecule has 1 aromatic carbocycles. The van der Waals surface area contributed by atoms with Crippen LogP contribution in [0.15, 0.2) is 39.1 Å². The Morgan fingerprint density at radius 3 is 2.54 bits per heavy atom. The molecule has 0 bridgehead atoms. The van der Waals surface area contributed by atoms with Crippen molar-refractivity contribution in [1.82, 2.24) is 19.2 Å². The molecule has 1 heterocycles. The molecule has 152 valence electrons. The summed E-state index contributed by atoms with van der Waals surface area (Å²) >= 11 is 1.13. The molecule has 2 rings (SSSR count). The molecule has 0 aliphatic carbocycles. The maximum Gasteiger partial charge on any atom is 0.388 e. The standard InChI is InChI=1S/C15H18N4O7S2/c1-4-26-19-14(27-5-2)16-18(15(19)22)13(21)17-28(23,24)11-9-7-6-8-10(11)12(20)25-3/h6-9H,4-5H2,1-3H3,(H,17,21). The zero-order valence-corrected chi connectivity index (χ0v) is 16.9. The highest BCUT2D eigenvalue weighted by Crippen LogP contribution is 2.16.